The lowest BCUT2D eigenvalue weighted by molar-refractivity contribution is -0.145. The number of nitrogens with zero attached hydrogens (tertiary/aromatic N) is 1. The normalized spacial score (nSPS) is 12.6. The zero-order valence-corrected chi connectivity index (χ0v) is 7.86. The highest BCUT2D eigenvalue weighted by Gasteiger charge is 2.40. The maximum atomic E-state index is 12.4. The number of aldehydes is 1. The summed E-state index contributed by atoms with van der Waals surface area (Å²) in [5.41, 5.74) is 0.222. The predicted octanol–water partition coefficient (Wildman–Crippen LogP) is 2.51. The summed E-state index contributed by atoms with van der Waals surface area (Å²) in [6, 6.07) is -0.250. The number of hydrogen-bond acceptors (Lipinski definition) is 3. The van der Waals surface area contributed by atoms with E-state index in [-0.39, 0.29) is 12.4 Å². The van der Waals surface area contributed by atoms with Crippen LogP contribution in [0.3, 0.4) is 0 Å². The molecule has 3 nitrogen and oxygen atoms in total. The molecule has 9 heteroatoms. The van der Waals surface area contributed by atoms with Crippen molar-refractivity contribution in [2.75, 3.05) is 5.73 Å². The first-order valence-electron chi connectivity index (χ1n) is 3.97. The fourth-order valence-electron chi connectivity index (χ4n) is 1.08. The number of aromatic nitrogens is 1. The summed E-state index contributed by atoms with van der Waals surface area (Å²) in [4.78, 5) is 13.1. The van der Waals surface area contributed by atoms with Gasteiger partial charge in [-0.25, -0.2) is 4.98 Å². The van der Waals surface area contributed by atoms with Crippen molar-refractivity contribution in [3.05, 3.63) is 22.9 Å². The van der Waals surface area contributed by atoms with Gasteiger partial charge in [0.05, 0.1) is 11.1 Å². The molecule has 0 spiro atoms. The average Bonchev–Trinajstić information content (AvgIpc) is 2.13. The van der Waals surface area contributed by atoms with Gasteiger partial charge in [-0.1, -0.05) is 0 Å². The van der Waals surface area contributed by atoms with Crippen LogP contribution in [0, 0.1) is 0 Å². The second-order valence-corrected chi connectivity index (χ2v) is 2.97. The fourth-order valence-corrected chi connectivity index (χ4v) is 1.08. The lowest BCUT2D eigenvalue weighted by atomic mass is 10.1. The number of nitrogens with two attached hydrogens (primary N) is 1. The molecule has 94 valence electrons. The van der Waals surface area contributed by atoms with Crippen molar-refractivity contribution in [3.8, 4) is 0 Å². The SMILES string of the molecule is Nc1nc(C(F)(F)F)cc(C(F)(F)F)c1C=O. The van der Waals surface area contributed by atoms with Crippen molar-refractivity contribution >= 4 is 12.1 Å². The van der Waals surface area contributed by atoms with Crippen molar-refractivity contribution in [3.63, 3.8) is 0 Å². The Morgan fingerprint density at radius 1 is 1.12 bits per heavy atom. The number of pyridine rings is 1. The lowest BCUT2D eigenvalue weighted by Gasteiger charge is -2.14. The Labute approximate surface area is 90.2 Å². The van der Waals surface area contributed by atoms with Gasteiger partial charge in [0.25, 0.3) is 0 Å². The van der Waals surface area contributed by atoms with Crippen molar-refractivity contribution in [1.29, 1.82) is 0 Å². The van der Waals surface area contributed by atoms with E-state index in [9.17, 15) is 31.1 Å². The molecule has 2 N–H and O–H groups in total. The molecule has 0 aromatic carbocycles. The van der Waals surface area contributed by atoms with E-state index in [2.05, 4.69) is 4.98 Å². The van der Waals surface area contributed by atoms with Gasteiger partial charge in [0.1, 0.15) is 11.5 Å². The van der Waals surface area contributed by atoms with Crippen LogP contribution in [0.4, 0.5) is 32.2 Å². The van der Waals surface area contributed by atoms with Crippen LogP contribution in [-0.4, -0.2) is 11.3 Å². The van der Waals surface area contributed by atoms with E-state index in [0.29, 0.717) is 0 Å². The Balaban J connectivity index is 3.56. The molecule has 0 radical (unpaired) electrons. The first kappa shape index (κ1) is 13.3. The maximum Gasteiger partial charge on any atom is 0.433 e. The van der Waals surface area contributed by atoms with E-state index < -0.39 is 35.0 Å². The minimum Gasteiger partial charge on any atom is -0.383 e. The molecule has 0 aliphatic rings. The standard InChI is InChI=1S/C8H4F6N2O/c9-7(10,11)4-1-5(8(12,13)14)16-6(15)3(4)2-17/h1-2H,(H2,15,16). The van der Waals surface area contributed by atoms with Crippen LogP contribution in [0.5, 0.6) is 0 Å². The number of anilines is 1. The number of hydrogen-bond donors (Lipinski definition) is 1. The molecule has 1 aromatic rings. The monoisotopic (exact) mass is 258 g/mol. The smallest absolute Gasteiger partial charge is 0.383 e. The summed E-state index contributed by atoms with van der Waals surface area (Å²) in [6.45, 7) is 0. The minimum atomic E-state index is -5.12. The average molecular weight is 258 g/mol. The van der Waals surface area contributed by atoms with Gasteiger partial charge in [-0.05, 0) is 6.07 Å². The Morgan fingerprint density at radius 2 is 1.65 bits per heavy atom. The van der Waals surface area contributed by atoms with Gasteiger partial charge in [0.15, 0.2) is 6.29 Å². The van der Waals surface area contributed by atoms with Gasteiger partial charge in [-0.15, -0.1) is 0 Å². The molecule has 1 rings (SSSR count). The van der Waals surface area contributed by atoms with E-state index >= 15 is 0 Å². The molecule has 0 saturated heterocycles. The minimum absolute atomic E-state index is 0.250. The summed E-state index contributed by atoms with van der Waals surface area (Å²) < 4.78 is 73.7. The van der Waals surface area contributed by atoms with Crippen LogP contribution in [-0.2, 0) is 12.4 Å². The van der Waals surface area contributed by atoms with Gasteiger partial charge in [-0.2, -0.15) is 26.3 Å². The van der Waals surface area contributed by atoms with E-state index in [0.717, 1.165) is 0 Å². The van der Waals surface area contributed by atoms with Crippen molar-refractivity contribution < 1.29 is 31.1 Å². The van der Waals surface area contributed by atoms with Crippen molar-refractivity contribution in [2.24, 2.45) is 0 Å². The summed E-state index contributed by atoms with van der Waals surface area (Å²) in [7, 11) is 0. The zero-order valence-electron chi connectivity index (χ0n) is 7.86. The van der Waals surface area contributed by atoms with Crippen molar-refractivity contribution in [2.45, 2.75) is 12.4 Å². The molecule has 0 fully saturated rings. The highest BCUT2D eigenvalue weighted by molar-refractivity contribution is 5.84. The number of alkyl halides is 6. The predicted molar refractivity (Wildman–Crippen MR) is 44.0 cm³/mol. The molecule has 0 bridgehead atoms. The largest absolute Gasteiger partial charge is 0.433 e. The summed E-state index contributed by atoms with van der Waals surface area (Å²) in [5, 5.41) is 0. The maximum absolute atomic E-state index is 12.4. The number of rotatable bonds is 1. The van der Waals surface area contributed by atoms with E-state index in [1.807, 2.05) is 0 Å². The number of halogens is 6. The summed E-state index contributed by atoms with van der Waals surface area (Å²) >= 11 is 0. The second-order valence-electron chi connectivity index (χ2n) is 2.97. The van der Waals surface area contributed by atoms with Gasteiger partial charge in [-0.3, -0.25) is 4.79 Å². The molecule has 17 heavy (non-hydrogen) atoms. The summed E-state index contributed by atoms with van der Waals surface area (Å²) in [6.07, 6.45) is -10.5. The van der Waals surface area contributed by atoms with E-state index in [4.69, 9.17) is 5.73 Å². The molecule has 0 saturated carbocycles. The molecule has 0 aliphatic carbocycles. The third kappa shape index (κ3) is 2.66. The van der Waals surface area contributed by atoms with Gasteiger partial charge in [0.2, 0.25) is 0 Å². The van der Waals surface area contributed by atoms with Crippen LogP contribution in [0.15, 0.2) is 6.07 Å². The second kappa shape index (κ2) is 3.90. The van der Waals surface area contributed by atoms with Crippen LogP contribution in [0.25, 0.3) is 0 Å². The molecule has 1 aromatic heterocycles. The summed E-state index contributed by atoms with van der Waals surface area (Å²) in [5.74, 6) is -1.11. The lowest BCUT2D eigenvalue weighted by Crippen LogP contribution is -2.17. The first-order chi connectivity index (χ1) is 7.57. The molecular formula is C8H4F6N2O. The van der Waals surface area contributed by atoms with Gasteiger partial charge < -0.3 is 5.73 Å². The molecule has 0 atom stereocenters. The Bertz CT molecular complexity index is 451. The number of nitrogen functional groups attached to an aromatic ring is 1. The third-order valence-electron chi connectivity index (χ3n) is 1.80. The van der Waals surface area contributed by atoms with Crippen LogP contribution < -0.4 is 5.73 Å². The number of carbonyl (C=O) groups excluding carboxylic acids is 1. The molecular weight excluding hydrogens is 254 g/mol. The van der Waals surface area contributed by atoms with Crippen LogP contribution in [0.2, 0.25) is 0 Å². The Morgan fingerprint density at radius 3 is 2.00 bits per heavy atom. The van der Waals surface area contributed by atoms with Gasteiger partial charge >= 0.3 is 12.4 Å². The highest BCUT2D eigenvalue weighted by Crippen LogP contribution is 2.37. The Kier molecular flexibility index (Phi) is 3.04. The topological polar surface area (TPSA) is 56.0 Å². The molecule has 1 heterocycles. The fraction of sp³-hybridized carbons (Fsp3) is 0.250. The van der Waals surface area contributed by atoms with Crippen LogP contribution in [0.1, 0.15) is 21.6 Å². The zero-order chi connectivity index (χ0) is 13.4. The first-order valence-corrected chi connectivity index (χ1v) is 3.97. The molecule has 0 unspecified atom stereocenters. The van der Waals surface area contributed by atoms with Crippen molar-refractivity contribution in [1.82, 2.24) is 4.98 Å². The number of carbonyl (C=O) groups is 1. The Hall–Kier alpha value is -1.80. The highest BCUT2D eigenvalue weighted by atomic mass is 19.4. The van der Waals surface area contributed by atoms with Gasteiger partial charge in [0, 0.05) is 0 Å². The van der Waals surface area contributed by atoms with E-state index in [1.165, 1.54) is 0 Å². The molecule has 0 aliphatic heterocycles. The quantitative estimate of drug-likeness (QED) is 0.622. The molecule has 0 amide bonds. The third-order valence-corrected chi connectivity index (χ3v) is 1.80. The van der Waals surface area contributed by atoms with E-state index in [1.54, 1.807) is 0 Å². The van der Waals surface area contributed by atoms with Crippen LogP contribution >= 0.6 is 0 Å².